The Kier molecular flexibility index (Phi) is 6.84. The largest absolute Gasteiger partial charge is 0.481 e. The van der Waals surface area contributed by atoms with Gasteiger partial charge in [0.2, 0.25) is 5.91 Å². The third kappa shape index (κ3) is 6.57. The Bertz CT molecular complexity index is 299. The summed E-state index contributed by atoms with van der Waals surface area (Å²) in [6.45, 7) is 5.62. The molecule has 110 valence electrons. The first-order chi connectivity index (χ1) is 9.01. The number of likely N-dealkylation sites (N-methyl/N-ethyl adjacent to an activating group) is 1. The Morgan fingerprint density at radius 3 is 2.42 bits per heavy atom. The van der Waals surface area contributed by atoms with Crippen LogP contribution in [0.15, 0.2) is 0 Å². The highest BCUT2D eigenvalue weighted by atomic mass is 16.4. The van der Waals surface area contributed by atoms with Crippen molar-refractivity contribution < 1.29 is 14.7 Å². The number of nitrogens with zero attached hydrogens (tertiary/aromatic N) is 1. The molecule has 5 heteroatoms. The zero-order chi connectivity index (χ0) is 14.3. The minimum absolute atomic E-state index is 0.0202. The van der Waals surface area contributed by atoms with E-state index < -0.39 is 5.97 Å². The van der Waals surface area contributed by atoms with Crippen LogP contribution in [0.2, 0.25) is 0 Å². The maximum absolute atomic E-state index is 11.9. The average Bonchev–Trinajstić information content (AvgIpc) is 2.37. The molecule has 0 spiro atoms. The summed E-state index contributed by atoms with van der Waals surface area (Å²) in [5.41, 5.74) is 0. The molecule has 0 aromatic carbocycles. The number of carbonyl (C=O) groups is 2. The third-order valence-corrected chi connectivity index (χ3v) is 3.84. The van der Waals surface area contributed by atoms with Gasteiger partial charge in [0.25, 0.3) is 0 Å². The van der Waals surface area contributed by atoms with Crippen LogP contribution in [0.5, 0.6) is 0 Å². The van der Waals surface area contributed by atoms with Gasteiger partial charge < -0.3 is 10.4 Å². The summed E-state index contributed by atoms with van der Waals surface area (Å²) in [6.07, 6.45) is 4.58. The number of aliphatic carboxylic acids is 1. The highest BCUT2D eigenvalue weighted by molar-refractivity contribution is 5.78. The Morgan fingerprint density at radius 2 is 1.89 bits per heavy atom. The van der Waals surface area contributed by atoms with Crippen LogP contribution in [0.4, 0.5) is 0 Å². The summed E-state index contributed by atoms with van der Waals surface area (Å²) in [5.74, 6) is -0.0252. The zero-order valence-corrected chi connectivity index (χ0v) is 12.0. The minimum atomic E-state index is -0.819. The van der Waals surface area contributed by atoms with Crippen molar-refractivity contribution in [1.82, 2.24) is 10.2 Å². The summed E-state index contributed by atoms with van der Waals surface area (Å²) in [4.78, 5) is 24.3. The van der Waals surface area contributed by atoms with E-state index in [1.165, 1.54) is 12.8 Å². The molecule has 5 nitrogen and oxygen atoms in total. The molecule has 19 heavy (non-hydrogen) atoms. The van der Waals surface area contributed by atoms with Crippen molar-refractivity contribution in [3.05, 3.63) is 0 Å². The Labute approximate surface area is 115 Å². The molecule has 0 bridgehead atoms. The van der Waals surface area contributed by atoms with Gasteiger partial charge in [0.05, 0.1) is 13.0 Å². The van der Waals surface area contributed by atoms with Crippen LogP contribution in [0.1, 0.15) is 46.0 Å². The van der Waals surface area contributed by atoms with Crippen LogP contribution >= 0.6 is 0 Å². The molecule has 0 unspecified atom stereocenters. The van der Waals surface area contributed by atoms with Crippen LogP contribution in [0.3, 0.4) is 0 Å². The number of nitrogens with one attached hydrogen (secondary N) is 1. The van der Waals surface area contributed by atoms with Crippen molar-refractivity contribution in [2.24, 2.45) is 5.92 Å². The minimum Gasteiger partial charge on any atom is -0.481 e. The second-order valence-corrected chi connectivity index (χ2v) is 5.54. The number of carboxylic acid groups (broad SMARTS) is 1. The highest BCUT2D eigenvalue weighted by Crippen LogP contribution is 2.23. The SMILES string of the molecule is CCN(CCC(=O)O)CC(=O)NC1CCC(C)CC1. The van der Waals surface area contributed by atoms with E-state index in [4.69, 9.17) is 5.11 Å². The number of hydrogen-bond acceptors (Lipinski definition) is 3. The van der Waals surface area contributed by atoms with E-state index in [9.17, 15) is 9.59 Å². The van der Waals surface area contributed by atoms with E-state index in [1.54, 1.807) is 0 Å². The van der Waals surface area contributed by atoms with Crippen molar-refractivity contribution >= 4 is 11.9 Å². The van der Waals surface area contributed by atoms with E-state index in [0.29, 0.717) is 25.7 Å². The molecule has 1 aliphatic carbocycles. The lowest BCUT2D eigenvalue weighted by Gasteiger charge is -2.28. The predicted octanol–water partition coefficient (Wildman–Crippen LogP) is 1.48. The molecule has 1 aliphatic rings. The zero-order valence-electron chi connectivity index (χ0n) is 12.0. The number of hydrogen-bond donors (Lipinski definition) is 2. The second-order valence-electron chi connectivity index (χ2n) is 5.54. The fourth-order valence-corrected chi connectivity index (χ4v) is 2.48. The first-order valence-corrected chi connectivity index (χ1v) is 7.24. The van der Waals surface area contributed by atoms with Gasteiger partial charge in [-0.05, 0) is 38.1 Å². The van der Waals surface area contributed by atoms with E-state index in [1.807, 2.05) is 11.8 Å². The Hall–Kier alpha value is -1.10. The molecule has 1 rings (SSSR count). The maximum Gasteiger partial charge on any atom is 0.304 e. The third-order valence-electron chi connectivity index (χ3n) is 3.84. The summed E-state index contributed by atoms with van der Waals surface area (Å²) >= 11 is 0. The molecule has 0 radical (unpaired) electrons. The van der Waals surface area contributed by atoms with Gasteiger partial charge >= 0.3 is 5.97 Å². The topological polar surface area (TPSA) is 69.6 Å². The maximum atomic E-state index is 11.9. The van der Waals surface area contributed by atoms with Crippen molar-refractivity contribution in [3.8, 4) is 0 Å². The normalized spacial score (nSPS) is 23.3. The molecule has 0 saturated heterocycles. The quantitative estimate of drug-likeness (QED) is 0.735. The number of carbonyl (C=O) groups excluding carboxylic acids is 1. The predicted molar refractivity (Wildman–Crippen MR) is 73.9 cm³/mol. The number of amides is 1. The van der Waals surface area contributed by atoms with Crippen LogP contribution < -0.4 is 5.32 Å². The molecule has 2 N–H and O–H groups in total. The lowest BCUT2D eigenvalue weighted by atomic mass is 9.87. The summed E-state index contributed by atoms with van der Waals surface area (Å²) < 4.78 is 0. The van der Waals surface area contributed by atoms with Gasteiger partial charge in [0, 0.05) is 12.6 Å². The molecule has 0 atom stereocenters. The van der Waals surface area contributed by atoms with Gasteiger partial charge in [-0.1, -0.05) is 13.8 Å². The molecule has 0 heterocycles. The van der Waals surface area contributed by atoms with E-state index in [2.05, 4.69) is 12.2 Å². The fourth-order valence-electron chi connectivity index (χ4n) is 2.48. The van der Waals surface area contributed by atoms with Crippen molar-refractivity contribution in [2.45, 2.75) is 52.0 Å². The van der Waals surface area contributed by atoms with Crippen LogP contribution in [0, 0.1) is 5.92 Å². The first kappa shape index (κ1) is 16.0. The van der Waals surface area contributed by atoms with E-state index >= 15 is 0 Å². The molecular weight excluding hydrogens is 244 g/mol. The van der Waals surface area contributed by atoms with Gasteiger partial charge in [0.1, 0.15) is 0 Å². The van der Waals surface area contributed by atoms with Crippen molar-refractivity contribution in [1.29, 1.82) is 0 Å². The number of rotatable bonds is 7. The molecule has 1 fully saturated rings. The molecule has 0 aromatic rings. The fraction of sp³-hybridized carbons (Fsp3) is 0.857. The summed E-state index contributed by atoms with van der Waals surface area (Å²) in [7, 11) is 0. The van der Waals surface area contributed by atoms with Crippen LogP contribution in [-0.2, 0) is 9.59 Å². The van der Waals surface area contributed by atoms with Gasteiger partial charge in [-0.25, -0.2) is 0 Å². The average molecular weight is 270 g/mol. The smallest absolute Gasteiger partial charge is 0.304 e. The molecule has 0 aromatic heterocycles. The first-order valence-electron chi connectivity index (χ1n) is 7.24. The van der Waals surface area contributed by atoms with Crippen LogP contribution in [-0.4, -0.2) is 47.6 Å². The molecule has 1 saturated carbocycles. The lowest BCUT2D eigenvalue weighted by Crippen LogP contribution is -2.43. The standard InChI is InChI=1S/C14H26N2O3/c1-3-16(9-8-14(18)19)10-13(17)15-12-6-4-11(2)5-7-12/h11-12H,3-10H2,1-2H3,(H,15,17)(H,18,19). The van der Waals surface area contributed by atoms with Gasteiger partial charge in [0.15, 0.2) is 0 Å². The molecule has 0 aliphatic heterocycles. The van der Waals surface area contributed by atoms with Crippen LogP contribution in [0.25, 0.3) is 0 Å². The van der Waals surface area contributed by atoms with Gasteiger partial charge in [-0.15, -0.1) is 0 Å². The number of carboxylic acids is 1. The van der Waals surface area contributed by atoms with E-state index in [0.717, 1.165) is 18.8 Å². The summed E-state index contributed by atoms with van der Waals surface area (Å²) in [5, 5.41) is 11.7. The van der Waals surface area contributed by atoms with Gasteiger partial charge in [-0.2, -0.15) is 0 Å². The second kappa shape index (κ2) is 8.15. The lowest BCUT2D eigenvalue weighted by molar-refractivity contribution is -0.137. The van der Waals surface area contributed by atoms with E-state index in [-0.39, 0.29) is 12.3 Å². The highest BCUT2D eigenvalue weighted by Gasteiger charge is 2.20. The molecule has 1 amide bonds. The van der Waals surface area contributed by atoms with Crippen molar-refractivity contribution in [3.63, 3.8) is 0 Å². The molecular formula is C14H26N2O3. The Morgan fingerprint density at radius 1 is 1.26 bits per heavy atom. The van der Waals surface area contributed by atoms with Gasteiger partial charge in [-0.3, -0.25) is 14.5 Å². The monoisotopic (exact) mass is 270 g/mol. The van der Waals surface area contributed by atoms with Crippen molar-refractivity contribution in [2.75, 3.05) is 19.6 Å². The Balaban J connectivity index is 2.26. The summed E-state index contributed by atoms with van der Waals surface area (Å²) in [6, 6.07) is 0.307.